The number of benzene rings is 1. The lowest BCUT2D eigenvalue weighted by Gasteiger charge is -2.17. The summed E-state index contributed by atoms with van der Waals surface area (Å²) in [5, 5.41) is 4.30. The van der Waals surface area contributed by atoms with Crippen molar-refractivity contribution in [3.63, 3.8) is 0 Å². The first kappa shape index (κ1) is 26.5. The van der Waals surface area contributed by atoms with E-state index in [2.05, 4.69) is 5.10 Å². The maximum atomic E-state index is 13.6. The maximum Gasteiger partial charge on any atom is 0.312 e. The van der Waals surface area contributed by atoms with Crippen LogP contribution in [0.25, 0.3) is 5.57 Å². The number of hydrogen-bond acceptors (Lipinski definition) is 6. The molecule has 0 aliphatic rings. The topological polar surface area (TPSA) is 95.3 Å². The molecule has 2 rings (SSSR count). The van der Waals surface area contributed by atoms with E-state index < -0.39 is 15.8 Å². The average Bonchev–Trinajstić information content (AvgIpc) is 3.12. The molecule has 0 bridgehead atoms. The highest BCUT2D eigenvalue weighted by Crippen LogP contribution is 2.33. The Hall–Kier alpha value is -2.74. The molecule has 1 heterocycles. The summed E-state index contributed by atoms with van der Waals surface area (Å²) in [7, 11) is -3.51. The van der Waals surface area contributed by atoms with Gasteiger partial charge in [0.15, 0.2) is 15.6 Å². The summed E-state index contributed by atoms with van der Waals surface area (Å²) in [5.74, 6) is -0.647. The number of aromatic nitrogens is 2. The smallest absolute Gasteiger partial charge is 0.312 e. The van der Waals surface area contributed by atoms with E-state index in [9.17, 15) is 18.0 Å². The first-order chi connectivity index (χ1) is 15.4. The molecule has 0 saturated heterocycles. The maximum absolute atomic E-state index is 13.6. The van der Waals surface area contributed by atoms with Crippen LogP contribution in [-0.2, 0) is 21.2 Å². The number of aryl methyl sites for hydroxylation is 1. The van der Waals surface area contributed by atoms with Gasteiger partial charge in [0.05, 0.1) is 11.1 Å². The number of esters is 1. The summed E-state index contributed by atoms with van der Waals surface area (Å²) in [6.45, 7) is 11.8. The second-order valence-electron chi connectivity index (χ2n) is 8.50. The standard InChI is InChI=1S/C25H34N2O5S/c1-8-10-14-27-25(32-22(28)11-9-2)20(15-26-27)24(29)19-12-13-21(33(7,30)31)23(18(19)6)17(5)16(3)4/h12-13,15H,8-11,14H2,1-7H3. The van der Waals surface area contributed by atoms with Crippen molar-refractivity contribution in [2.24, 2.45) is 0 Å². The fourth-order valence-corrected chi connectivity index (χ4v) is 4.56. The molecule has 1 aromatic carbocycles. The summed E-state index contributed by atoms with van der Waals surface area (Å²) >= 11 is 0. The van der Waals surface area contributed by atoms with Gasteiger partial charge in [0.25, 0.3) is 0 Å². The Balaban J connectivity index is 2.69. The second kappa shape index (κ2) is 10.9. The number of ketones is 1. The van der Waals surface area contributed by atoms with Crippen LogP contribution >= 0.6 is 0 Å². The summed E-state index contributed by atoms with van der Waals surface area (Å²) in [5.41, 5.74) is 3.39. The number of rotatable bonds is 10. The fourth-order valence-electron chi connectivity index (χ4n) is 3.57. The van der Waals surface area contributed by atoms with Gasteiger partial charge >= 0.3 is 5.97 Å². The van der Waals surface area contributed by atoms with Crippen LogP contribution in [-0.4, -0.2) is 36.2 Å². The van der Waals surface area contributed by atoms with Crippen LogP contribution in [0.1, 0.15) is 87.4 Å². The van der Waals surface area contributed by atoms with Gasteiger partial charge in [-0.3, -0.25) is 9.59 Å². The lowest BCUT2D eigenvalue weighted by molar-refractivity contribution is -0.134. The van der Waals surface area contributed by atoms with Crippen LogP contribution in [0, 0.1) is 6.92 Å². The van der Waals surface area contributed by atoms with Crippen molar-refractivity contribution < 1.29 is 22.7 Å². The third-order valence-electron chi connectivity index (χ3n) is 5.62. The SMILES string of the molecule is CCCCn1ncc(C(=O)c2ccc(S(C)(=O)=O)c(C(C)=C(C)C)c2C)c1OC(=O)CCC. The molecule has 0 unspecified atom stereocenters. The molecule has 0 aliphatic carbocycles. The molecular formula is C25H34N2O5S. The van der Waals surface area contributed by atoms with Gasteiger partial charge in [0.1, 0.15) is 5.56 Å². The van der Waals surface area contributed by atoms with E-state index in [1.165, 1.54) is 18.3 Å². The van der Waals surface area contributed by atoms with Gasteiger partial charge in [-0.25, -0.2) is 13.1 Å². The zero-order valence-corrected chi connectivity index (χ0v) is 21.4. The van der Waals surface area contributed by atoms with E-state index in [-0.39, 0.29) is 28.5 Å². The quantitative estimate of drug-likeness (QED) is 0.349. The minimum atomic E-state index is -3.51. The highest BCUT2D eigenvalue weighted by Gasteiger charge is 2.27. The molecule has 0 radical (unpaired) electrons. The molecule has 180 valence electrons. The van der Waals surface area contributed by atoms with Crippen molar-refractivity contribution >= 4 is 27.2 Å². The highest BCUT2D eigenvalue weighted by molar-refractivity contribution is 7.90. The highest BCUT2D eigenvalue weighted by atomic mass is 32.2. The molecule has 8 heteroatoms. The van der Waals surface area contributed by atoms with E-state index >= 15 is 0 Å². The minimum Gasteiger partial charge on any atom is -0.407 e. The third kappa shape index (κ3) is 5.99. The Kier molecular flexibility index (Phi) is 8.77. The molecule has 33 heavy (non-hydrogen) atoms. The third-order valence-corrected chi connectivity index (χ3v) is 6.76. The molecule has 0 saturated carbocycles. The summed E-state index contributed by atoms with van der Waals surface area (Å²) in [4.78, 5) is 26.0. The van der Waals surface area contributed by atoms with Gasteiger partial charge in [-0.15, -0.1) is 0 Å². The van der Waals surface area contributed by atoms with E-state index in [1.807, 2.05) is 34.6 Å². The zero-order valence-electron chi connectivity index (χ0n) is 20.6. The summed E-state index contributed by atoms with van der Waals surface area (Å²) in [6.07, 6.45) is 5.18. The van der Waals surface area contributed by atoms with Crippen molar-refractivity contribution in [3.05, 3.63) is 46.2 Å². The molecule has 1 aromatic heterocycles. The van der Waals surface area contributed by atoms with E-state index in [1.54, 1.807) is 11.6 Å². The van der Waals surface area contributed by atoms with Crippen molar-refractivity contribution in [3.8, 4) is 5.88 Å². The Bertz CT molecular complexity index is 1190. The summed E-state index contributed by atoms with van der Waals surface area (Å²) in [6, 6.07) is 3.00. The number of nitrogens with zero attached hydrogens (tertiary/aromatic N) is 2. The first-order valence-electron chi connectivity index (χ1n) is 11.2. The zero-order chi connectivity index (χ0) is 24.9. The van der Waals surface area contributed by atoms with Crippen molar-refractivity contribution in [2.45, 2.75) is 78.7 Å². The Labute approximate surface area is 196 Å². The molecule has 0 aliphatic heterocycles. The van der Waals surface area contributed by atoms with E-state index in [4.69, 9.17) is 4.74 Å². The lowest BCUT2D eigenvalue weighted by Crippen LogP contribution is -2.15. The molecule has 0 amide bonds. The van der Waals surface area contributed by atoms with E-state index in [0.717, 1.165) is 30.2 Å². The molecule has 0 N–H and O–H groups in total. The van der Waals surface area contributed by atoms with Crippen LogP contribution in [0.4, 0.5) is 0 Å². The van der Waals surface area contributed by atoms with E-state index in [0.29, 0.717) is 29.7 Å². The number of ether oxygens (including phenoxy) is 1. The van der Waals surface area contributed by atoms with Gasteiger partial charge in [-0.2, -0.15) is 5.10 Å². The predicted octanol–water partition coefficient (Wildman–Crippen LogP) is 5.14. The number of sulfone groups is 1. The van der Waals surface area contributed by atoms with Crippen LogP contribution < -0.4 is 4.74 Å². The van der Waals surface area contributed by atoms with Crippen LogP contribution in [0.2, 0.25) is 0 Å². The molecule has 0 atom stereocenters. The largest absolute Gasteiger partial charge is 0.407 e. The van der Waals surface area contributed by atoms with Crippen LogP contribution in [0.5, 0.6) is 5.88 Å². The van der Waals surface area contributed by atoms with Gasteiger partial charge in [-0.05, 0) is 69.4 Å². The average molecular weight is 475 g/mol. The van der Waals surface area contributed by atoms with Gasteiger partial charge in [0, 0.05) is 24.8 Å². The van der Waals surface area contributed by atoms with Gasteiger partial charge in [-0.1, -0.05) is 25.8 Å². The van der Waals surface area contributed by atoms with Crippen molar-refractivity contribution in [1.82, 2.24) is 9.78 Å². The number of allylic oxidation sites excluding steroid dienone is 2. The Morgan fingerprint density at radius 2 is 1.73 bits per heavy atom. The van der Waals surface area contributed by atoms with Crippen LogP contribution in [0.3, 0.4) is 0 Å². The Morgan fingerprint density at radius 1 is 1.06 bits per heavy atom. The summed E-state index contributed by atoms with van der Waals surface area (Å²) < 4.78 is 32.0. The molecule has 0 fully saturated rings. The number of unbranched alkanes of at least 4 members (excludes halogenated alkanes) is 1. The minimum absolute atomic E-state index is 0.138. The van der Waals surface area contributed by atoms with Gasteiger partial charge < -0.3 is 4.74 Å². The fraction of sp³-hybridized carbons (Fsp3) is 0.480. The second-order valence-corrected chi connectivity index (χ2v) is 10.5. The van der Waals surface area contributed by atoms with Crippen molar-refractivity contribution in [1.29, 1.82) is 0 Å². The number of hydrogen-bond donors (Lipinski definition) is 0. The van der Waals surface area contributed by atoms with Gasteiger partial charge in [0.2, 0.25) is 5.88 Å². The monoisotopic (exact) mass is 474 g/mol. The first-order valence-corrected chi connectivity index (χ1v) is 13.1. The Morgan fingerprint density at radius 3 is 2.27 bits per heavy atom. The number of carbonyl (C=O) groups excluding carboxylic acids is 2. The lowest BCUT2D eigenvalue weighted by atomic mass is 9.91. The van der Waals surface area contributed by atoms with Crippen molar-refractivity contribution in [2.75, 3.05) is 6.26 Å². The molecule has 0 spiro atoms. The predicted molar refractivity (Wildman–Crippen MR) is 129 cm³/mol. The van der Waals surface area contributed by atoms with Crippen LogP contribution in [0.15, 0.2) is 28.8 Å². The normalized spacial score (nSPS) is 11.4. The molecule has 2 aromatic rings. The molecule has 7 nitrogen and oxygen atoms in total. The molecular weight excluding hydrogens is 440 g/mol. The number of carbonyl (C=O) groups is 2.